The molecular weight excluding hydrogens is 210 g/mol. The Morgan fingerprint density at radius 1 is 1.50 bits per heavy atom. The van der Waals surface area contributed by atoms with Gasteiger partial charge in [0.25, 0.3) is 0 Å². The highest BCUT2D eigenvalue weighted by Gasteiger charge is 2.46. The molecule has 16 heavy (non-hydrogen) atoms. The van der Waals surface area contributed by atoms with Gasteiger partial charge in [-0.25, -0.2) is 9.89 Å². The maximum Gasteiger partial charge on any atom is 0.340 e. The molecule has 2 rings (SSSR count). The predicted molar refractivity (Wildman–Crippen MR) is 56.0 cm³/mol. The number of aromatic amines is 2. The second-order valence-corrected chi connectivity index (χ2v) is 4.04. The number of hydrogen-bond acceptors (Lipinski definition) is 4. The van der Waals surface area contributed by atoms with E-state index in [0.29, 0.717) is 25.3 Å². The summed E-state index contributed by atoms with van der Waals surface area (Å²) in [4.78, 5) is 25.6. The largest absolute Gasteiger partial charge is 0.465 e. The number of carbonyl (C=O) groups is 1. The molecular formula is C10H15N3O3. The zero-order valence-corrected chi connectivity index (χ0v) is 9.21. The van der Waals surface area contributed by atoms with Crippen LogP contribution in [-0.2, 0) is 14.9 Å². The van der Waals surface area contributed by atoms with Gasteiger partial charge in [0.1, 0.15) is 11.2 Å². The smallest absolute Gasteiger partial charge is 0.340 e. The molecule has 1 aromatic heterocycles. The summed E-state index contributed by atoms with van der Waals surface area (Å²) in [5, 5.41) is 6.18. The molecule has 0 aromatic carbocycles. The predicted octanol–water partition coefficient (Wildman–Crippen LogP) is 0.473. The number of hydrogen-bond donors (Lipinski definition) is 2. The Morgan fingerprint density at radius 3 is 2.69 bits per heavy atom. The van der Waals surface area contributed by atoms with Crippen LogP contribution in [0.4, 0.5) is 0 Å². The first-order valence-corrected chi connectivity index (χ1v) is 5.51. The molecule has 0 amide bonds. The van der Waals surface area contributed by atoms with E-state index in [1.807, 2.05) is 0 Å². The number of aromatic nitrogens is 3. The summed E-state index contributed by atoms with van der Waals surface area (Å²) in [5.41, 5.74) is -1.12. The Morgan fingerprint density at radius 2 is 2.19 bits per heavy atom. The number of ether oxygens (including phenoxy) is 1. The lowest BCUT2D eigenvalue weighted by Gasteiger charge is -2.23. The summed E-state index contributed by atoms with van der Waals surface area (Å²) in [6, 6.07) is 0. The van der Waals surface area contributed by atoms with Gasteiger partial charge in [-0.3, -0.25) is 9.78 Å². The fraction of sp³-hybridized carbons (Fsp3) is 0.700. The van der Waals surface area contributed by atoms with Crippen molar-refractivity contribution in [2.75, 3.05) is 6.61 Å². The number of nitrogens with zero attached hydrogens (tertiary/aromatic N) is 1. The quantitative estimate of drug-likeness (QED) is 0.732. The second kappa shape index (κ2) is 4.11. The first-order valence-electron chi connectivity index (χ1n) is 5.51. The number of carbonyl (C=O) groups excluding carboxylic acids is 1. The van der Waals surface area contributed by atoms with Gasteiger partial charge in [0.05, 0.1) is 6.61 Å². The monoisotopic (exact) mass is 225 g/mol. The SMILES string of the molecule is CCOC(=O)C1(c2n[nH]c(=O)[nH]2)CCCC1. The van der Waals surface area contributed by atoms with E-state index in [-0.39, 0.29) is 11.7 Å². The van der Waals surface area contributed by atoms with Crippen LogP contribution in [-0.4, -0.2) is 27.8 Å². The Kier molecular flexibility index (Phi) is 2.80. The van der Waals surface area contributed by atoms with Crippen molar-refractivity contribution in [1.82, 2.24) is 15.2 Å². The maximum absolute atomic E-state index is 12.0. The maximum atomic E-state index is 12.0. The Hall–Kier alpha value is -1.59. The minimum atomic E-state index is -0.741. The van der Waals surface area contributed by atoms with Gasteiger partial charge in [0, 0.05) is 0 Å². The van der Waals surface area contributed by atoms with Crippen molar-refractivity contribution in [2.24, 2.45) is 0 Å². The van der Waals surface area contributed by atoms with E-state index in [2.05, 4.69) is 15.2 Å². The Balaban J connectivity index is 2.35. The molecule has 1 aliphatic rings. The standard InChI is InChI=1S/C10H15N3O3/c1-2-16-8(14)10(5-3-4-6-10)7-11-9(15)13-12-7/h2-6H2,1H3,(H2,11,12,13,15). The molecule has 0 unspecified atom stereocenters. The van der Waals surface area contributed by atoms with Crippen molar-refractivity contribution >= 4 is 5.97 Å². The average Bonchev–Trinajstić information content (AvgIpc) is 2.86. The van der Waals surface area contributed by atoms with Gasteiger partial charge in [-0.05, 0) is 19.8 Å². The van der Waals surface area contributed by atoms with Crippen LogP contribution in [0.25, 0.3) is 0 Å². The molecule has 1 aliphatic carbocycles. The van der Waals surface area contributed by atoms with Crippen molar-refractivity contribution in [1.29, 1.82) is 0 Å². The van der Waals surface area contributed by atoms with E-state index in [9.17, 15) is 9.59 Å². The van der Waals surface area contributed by atoms with Crippen LogP contribution in [0.15, 0.2) is 4.79 Å². The number of rotatable bonds is 3. The summed E-state index contributed by atoms with van der Waals surface area (Å²) in [6.07, 6.45) is 3.28. The van der Waals surface area contributed by atoms with Gasteiger partial charge >= 0.3 is 11.7 Å². The number of esters is 1. The molecule has 0 atom stereocenters. The first kappa shape index (κ1) is 10.9. The Bertz CT molecular complexity index is 429. The third kappa shape index (κ3) is 1.64. The normalized spacial score (nSPS) is 18.6. The van der Waals surface area contributed by atoms with E-state index >= 15 is 0 Å². The molecule has 0 aliphatic heterocycles. The highest BCUT2D eigenvalue weighted by atomic mass is 16.5. The lowest BCUT2D eigenvalue weighted by atomic mass is 9.85. The van der Waals surface area contributed by atoms with E-state index in [4.69, 9.17) is 4.74 Å². The topological polar surface area (TPSA) is 87.8 Å². The summed E-state index contributed by atoms with van der Waals surface area (Å²) in [7, 11) is 0. The lowest BCUT2D eigenvalue weighted by Crippen LogP contribution is -2.36. The van der Waals surface area contributed by atoms with Gasteiger partial charge in [-0.15, -0.1) is 0 Å². The third-order valence-electron chi connectivity index (χ3n) is 3.08. The summed E-state index contributed by atoms with van der Waals surface area (Å²) < 4.78 is 5.08. The molecule has 0 bridgehead atoms. The molecule has 1 saturated carbocycles. The summed E-state index contributed by atoms with van der Waals surface area (Å²) >= 11 is 0. The van der Waals surface area contributed by atoms with Crippen molar-refractivity contribution in [3.8, 4) is 0 Å². The molecule has 6 nitrogen and oxygen atoms in total. The minimum Gasteiger partial charge on any atom is -0.465 e. The number of H-pyrrole nitrogens is 2. The zero-order valence-electron chi connectivity index (χ0n) is 9.21. The highest BCUT2D eigenvalue weighted by Crippen LogP contribution is 2.40. The van der Waals surface area contributed by atoms with Crippen LogP contribution < -0.4 is 5.69 Å². The molecule has 1 heterocycles. The van der Waals surface area contributed by atoms with Gasteiger partial charge in [-0.2, -0.15) is 5.10 Å². The van der Waals surface area contributed by atoms with Gasteiger partial charge in [0.15, 0.2) is 0 Å². The van der Waals surface area contributed by atoms with Crippen molar-refractivity contribution < 1.29 is 9.53 Å². The molecule has 1 fully saturated rings. The molecule has 6 heteroatoms. The zero-order chi connectivity index (χ0) is 11.6. The molecule has 0 radical (unpaired) electrons. The first-order chi connectivity index (χ1) is 7.69. The average molecular weight is 225 g/mol. The Labute approximate surface area is 92.4 Å². The molecule has 0 spiro atoms. The van der Waals surface area contributed by atoms with Crippen LogP contribution in [0.3, 0.4) is 0 Å². The van der Waals surface area contributed by atoms with Crippen molar-refractivity contribution in [2.45, 2.75) is 38.0 Å². The summed E-state index contributed by atoms with van der Waals surface area (Å²) in [6.45, 7) is 2.11. The van der Waals surface area contributed by atoms with Gasteiger partial charge in [-0.1, -0.05) is 12.8 Å². The fourth-order valence-corrected chi connectivity index (χ4v) is 2.28. The molecule has 88 valence electrons. The van der Waals surface area contributed by atoms with E-state index in [1.165, 1.54) is 0 Å². The van der Waals surface area contributed by atoms with Crippen LogP contribution in [0.1, 0.15) is 38.4 Å². The van der Waals surface area contributed by atoms with Crippen molar-refractivity contribution in [3.63, 3.8) is 0 Å². The van der Waals surface area contributed by atoms with Crippen LogP contribution >= 0.6 is 0 Å². The lowest BCUT2D eigenvalue weighted by molar-refractivity contribution is -0.150. The van der Waals surface area contributed by atoms with Gasteiger partial charge < -0.3 is 4.74 Å². The van der Waals surface area contributed by atoms with E-state index < -0.39 is 5.41 Å². The molecule has 0 saturated heterocycles. The third-order valence-corrected chi connectivity index (χ3v) is 3.08. The second-order valence-electron chi connectivity index (χ2n) is 4.04. The van der Waals surface area contributed by atoms with E-state index in [0.717, 1.165) is 12.8 Å². The number of nitrogens with one attached hydrogen (secondary N) is 2. The summed E-state index contributed by atoms with van der Waals surface area (Å²) in [5.74, 6) is 0.128. The van der Waals surface area contributed by atoms with Crippen LogP contribution in [0.2, 0.25) is 0 Å². The van der Waals surface area contributed by atoms with E-state index in [1.54, 1.807) is 6.92 Å². The van der Waals surface area contributed by atoms with Crippen LogP contribution in [0.5, 0.6) is 0 Å². The van der Waals surface area contributed by atoms with Crippen LogP contribution in [0, 0.1) is 0 Å². The highest BCUT2D eigenvalue weighted by molar-refractivity contribution is 5.82. The van der Waals surface area contributed by atoms with Gasteiger partial charge in [0.2, 0.25) is 0 Å². The minimum absolute atomic E-state index is 0.282. The molecule has 1 aromatic rings. The fourth-order valence-electron chi connectivity index (χ4n) is 2.28. The molecule has 2 N–H and O–H groups in total. The van der Waals surface area contributed by atoms with Crippen molar-refractivity contribution in [3.05, 3.63) is 16.3 Å².